The van der Waals surface area contributed by atoms with Crippen LogP contribution in [0, 0.1) is 12.7 Å². The Morgan fingerprint density at radius 2 is 1.95 bits per heavy atom. The van der Waals surface area contributed by atoms with Crippen LogP contribution in [0.3, 0.4) is 0 Å². The quantitative estimate of drug-likeness (QED) is 0.929. The maximum atomic E-state index is 13.8. The summed E-state index contributed by atoms with van der Waals surface area (Å²) < 4.78 is 36.9. The normalized spacial score (nSPS) is 11.4. The van der Waals surface area contributed by atoms with Crippen molar-refractivity contribution in [1.29, 1.82) is 0 Å². The second-order valence-electron chi connectivity index (χ2n) is 4.82. The number of rotatable bonds is 4. The van der Waals surface area contributed by atoms with Crippen molar-refractivity contribution in [1.82, 2.24) is 0 Å². The Morgan fingerprint density at radius 1 is 1.24 bits per heavy atom. The third-order valence-electron chi connectivity index (χ3n) is 3.14. The summed E-state index contributed by atoms with van der Waals surface area (Å²) >= 11 is 5.73. The minimum Gasteiger partial charge on any atom is -0.381 e. The van der Waals surface area contributed by atoms with E-state index in [9.17, 15) is 12.8 Å². The lowest BCUT2D eigenvalue weighted by molar-refractivity contribution is 0.601. The highest BCUT2D eigenvalue weighted by atomic mass is 35.5. The van der Waals surface area contributed by atoms with E-state index in [4.69, 9.17) is 11.6 Å². The van der Waals surface area contributed by atoms with Crippen LogP contribution in [0.5, 0.6) is 0 Å². The Hall–Kier alpha value is -1.59. The molecule has 2 rings (SSSR count). The van der Waals surface area contributed by atoms with Crippen molar-refractivity contribution < 1.29 is 12.8 Å². The first-order valence-corrected chi connectivity index (χ1v) is 8.53. The first-order chi connectivity index (χ1) is 9.79. The second-order valence-corrected chi connectivity index (χ2v) is 7.24. The molecule has 3 nitrogen and oxygen atoms in total. The van der Waals surface area contributed by atoms with Gasteiger partial charge in [0.1, 0.15) is 5.82 Å². The van der Waals surface area contributed by atoms with Gasteiger partial charge in [0.05, 0.1) is 9.92 Å². The van der Waals surface area contributed by atoms with E-state index in [1.54, 1.807) is 30.3 Å². The van der Waals surface area contributed by atoms with Crippen molar-refractivity contribution in [3.05, 3.63) is 58.4 Å². The number of hydrogen-bond acceptors (Lipinski definition) is 3. The smallest absolute Gasteiger partial charge is 0.175 e. The molecule has 0 heterocycles. The molecule has 21 heavy (non-hydrogen) atoms. The topological polar surface area (TPSA) is 46.2 Å². The van der Waals surface area contributed by atoms with Crippen LogP contribution in [0.2, 0.25) is 5.02 Å². The molecule has 0 saturated heterocycles. The highest BCUT2D eigenvalue weighted by molar-refractivity contribution is 7.90. The van der Waals surface area contributed by atoms with E-state index in [0.717, 1.165) is 11.8 Å². The van der Waals surface area contributed by atoms with Crippen molar-refractivity contribution in [3.8, 4) is 0 Å². The van der Waals surface area contributed by atoms with Gasteiger partial charge in [0.15, 0.2) is 9.84 Å². The van der Waals surface area contributed by atoms with Gasteiger partial charge >= 0.3 is 0 Å². The van der Waals surface area contributed by atoms with E-state index in [1.165, 1.54) is 6.07 Å². The summed E-state index contributed by atoms with van der Waals surface area (Å²) in [6.07, 6.45) is 1.15. The number of halogens is 2. The number of aryl methyl sites for hydroxylation is 1. The van der Waals surface area contributed by atoms with Crippen molar-refractivity contribution in [2.75, 3.05) is 11.6 Å². The second kappa shape index (κ2) is 6.03. The summed E-state index contributed by atoms with van der Waals surface area (Å²) in [5, 5.41) is 3.11. The van der Waals surface area contributed by atoms with E-state index in [-0.39, 0.29) is 16.5 Å². The van der Waals surface area contributed by atoms with E-state index < -0.39 is 15.7 Å². The summed E-state index contributed by atoms with van der Waals surface area (Å²) in [5.41, 5.74) is 1.95. The minimum atomic E-state index is -3.28. The molecule has 112 valence electrons. The van der Waals surface area contributed by atoms with Gasteiger partial charge < -0.3 is 5.32 Å². The Labute approximate surface area is 128 Å². The molecule has 0 unspecified atom stereocenters. The highest BCUT2D eigenvalue weighted by Gasteiger charge is 2.10. The van der Waals surface area contributed by atoms with Crippen LogP contribution >= 0.6 is 11.6 Å². The van der Waals surface area contributed by atoms with Gasteiger partial charge in [-0.05, 0) is 30.7 Å². The van der Waals surface area contributed by atoms with Gasteiger partial charge in [-0.15, -0.1) is 0 Å². The maximum Gasteiger partial charge on any atom is 0.175 e. The predicted octanol–water partition coefficient (Wildman–Crippen LogP) is 3.80. The lowest BCUT2D eigenvalue weighted by Gasteiger charge is -2.12. The fourth-order valence-corrected chi connectivity index (χ4v) is 2.74. The number of nitrogens with one attached hydrogen (secondary N) is 1. The van der Waals surface area contributed by atoms with Gasteiger partial charge in [-0.1, -0.05) is 29.8 Å². The van der Waals surface area contributed by atoms with Crippen LogP contribution < -0.4 is 5.32 Å². The Morgan fingerprint density at radius 3 is 2.62 bits per heavy atom. The van der Waals surface area contributed by atoms with Crippen LogP contribution in [0.25, 0.3) is 0 Å². The molecule has 0 spiro atoms. The van der Waals surface area contributed by atoms with Crippen LogP contribution in [0.15, 0.2) is 41.3 Å². The molecular formula is C15H15ClFNO2S. The van der Waals surface area contributed by atoms with Crippen LogP contribution in [0.4, 0.5) is 10.1 Å². The first-order valence-electron chi connectivity index (χ1n) is 6.26. The molecule has 0 amide bonds. The minimum absolute atomic E-state index is 0.0657. The summed E-state index contributed by atoms with van der Waals surface area (Å²) in [7, 11) is -3.28. The van der Waals surface area contributed by atoms with Gasteiger partial charge in [-0.2, -0.15) is 0 Å². The Kier molecular flexibility index (Phi) is 4.54. The largest absolute Gasteiger partial charge is 0.381 e. The summed E-state index contributed by atoms with van der Waals surface area (Å²) in [4.78, 5) is 0.224. The van der Waals surface area contributed by atoms with E-state index in [0.29, 0.717) is 11.3 Å². The zero-order valence-electron chi connectivity index (χ0n) is 11.7. The number of anilines is 1. The summed E-state index contributed by atoms with van der Waals surface area (Å²) in [5.74, 6) is -0.469. The van der Waals surface area contributed by atoms with Gasteiger partial charge in [0.25, 0.3) is 0 Å². The molecule has 0 atom stereocenters. The molecular weight excluding hydrogens is 313 g/mol. The fourth-order valence-electron chi connectivity index (χ4n) is 1.90. The van der Waals surface area contributed by atoms with Crippen molar-refractivity contribution >= 4 is 27.1 Å². The molecule has 0 aliphatic rings. The molecule has 0 aromatic heterocycles. The Bertz CT molecular complexity index is 775. The zero-order valence-corrected chi connectivity index (χ0v) is 13.2. The van der Waals surface area contributed by atoms with Crippen molar-refractivity contribution in [2.45, 2.75) is 18.4 Å². The number of hydrogen-bond donors (Lipinski definition) is 1. The summed E-state index contributed by atoms with van der Waals surface area (Å²) in [6.45, 7) is 2.07. The van der Waals surface area contributed by atoms with Gasteiger partial charge in [0.2, 0.25) is 0 Å². The molecule has 0 aliphatic heterocycles. The van der Waals surface area contributed by atoms with Gasteiger partial charge in [0, 0.05) is 24.1 Å². The van der Waals surface area contributed by atoms with Crippen molar-refractivity contribution in [3.63, 3.8) is 0 Å². The fraction of sp³-hybridized carbons (Fsp3) is 0.200. The molecule has 0 fully saturated rings. The lowest BCUT2D eigenvalue weighted by Crippen LogP contribution is -2.05. The molecule has 0 saturated carbocycles. The lowest BCUT2D eigenvalue weighted by atomic mass is 10.1. The molecule has 2 aromatic carbocycles. The van der Waals surface area contributed by atoms with Gasteiger partial charge in [-0.25, -0.2) is 12.8 Å². The number of sulfone groups is 1. The molecule has 1 N–H and O–H groups in total. The SMILES string of the molecule is Cc1ccc(S(C)(=O)=O)cc1NCc1cccc(Cl)c1F. The van der Waals surface area contributed by atoms with Crippen molar-refractivity contribution in [2.24, 2.45) is 0 Å². The Balaban J connectivity index is 2.26. The third-order valence-corrected chi connectivity index (χ3v) is 4.54. The average molecular weight is 328 g/mol. The van der Waals surface area contributed by atoms with Gasteiger partial charge in [-0.3, -0.25) is 0 Å². The average Bonchev–Trinajstić information content (AvgIpc) is 2.40. The maximum absolute atomic E-state index is 13.8. The highest BCUT2D eigenvalue weighted by Crippen LogP contribution is 2.23. The van der Waals surface area contributed by atoms with E-state index >= 15 is 0 Å². The van der Waals surface area contributed by atoms with Crippen LogP contribution in [-0.4, -0.2) is 14.7 Å². The standard InChI is InChI=1S/C15H15ClFNO2S/c1-10-6-7-12(21(2,19)20)8-14(10)18-9-11-4-3-5-13(16)15(11)17/h3-8,18H,9H2,1-2H3. The molecule has 0 bridgehead atoms. The predicted molar refractivity (Wildman–Crippen MR) is 83.0 cm³/mol. The van der Waals surface area contributed by atoms with Crippen LogP contribution in [-0.2, 0) is 16.4 Å². The molecule has 0 radical (unpaired) electrons. The molecule has 0 aliphatic carbocycles. The van der Waals surface area contributed by atoms with Crippen LogP contribution in [0.1, 0.15) is 11.1 Å². The number of benzene rings is 2. The molecule has 6 heteroatoms. The first kappa shape index (κ1) is 15.8. The monoisotopic (exact) mass is 327 g/mol. The zero-order chi connectivity index (χ0) is 15.6. The molecule has 2 aromatic rings. The third kappa shape index (κ3) is 3.74. The summed E-state index contributed by atoms with van der Waals surface area (Å²) in [6, 6.07) is 9.60. The van der Waals surface area contributed by atoms with E-state index in [1.807, 2.05) is 6.92 Å². The van der Waals surface area contributed by atoms with E-state index in [2.05, 4.69) is 5.32 Å².